The molecule has 1 aliphatic heterocycles. The average Bonchev–Trinajstić information content (AvgIpc) is 2.69. The monoisotopic (exact) mass is 339 g/mol. The highest BCUT2D eigenvalue weighted by molar-refractivity contribution is 5.24. The van der Waals surface area contributed by atoms with Gasteiger partial charge in [0.25, 0.3) is 0 Å². The Morgan fingerprint density at radius 3 is 2.08 bits per heavy atom. The van der Waals surface area contributed by atoms with Crippen LogP contribution in [0.25, 0.3) is 0 Å². The molecule has 0 saturated carbocycles. The van der Waals surface area contributed by atoms with Crippen molar-refractivity contribution in [1.82, 2.24) is 4.90 Å². The van der Waals surface area contributed by atoms with Crippen LogP contribution < -0.4 is 0 Å². The molecule has 3 heteroatoms. The lowest BCUT2D eigenvalue weighted by atomic mass is 9.72. The molecular formula is C22H29NO2. The van der Waals surface area contributed by atoms with Crippen molar-refractivity contribution in [3.05, 3.63) is 71.8 Å². The van der Waals surface area contributed by atoms with Crippen LogP contribution in [0.5, 0.6) is 0 Å². The highest BCUT2D eigenvalue weighted by Crippen LogP contribution is 2.41. The number of hydrogen-bond donors (Lipinski definition) is 2. The molecule has 0 radical (unpaired) electrons. The van der Waals surface area contributed by atoms with Crippen LogP contribution >= 0.6 is 0 Å². The van der Waals surface area contributed by atoms with Crippen LogP contribution in [0.3, 0.4) is 0 Å². The topological polar surface area (TPSA) is 43.7 Å². The van der Waals surface area contributed by atoms with E-state index in [1.54, 1.807) is 0 Å². The summed E-state index contributed by atoms with van der Waals surface area (Å²) in [6.07, 6.45) is 1.07. The van der Waals surface area contributed by atoms with E-state index in [0.717, 1.165) is 25.1 Å². The minimum atomic E-state index is 0.000948. The van der Waals surface area contributed by atoms with Crippen LogP contribution in [0.15, 0.2) is 60.7 Å². The largest absolute Gasteiger partial charge is 0.396 e. The van der Waals surface area contributed by atoms with Gasteiger partial charge >= 0.3 is 0 Å². The molecule has 0 amide bonds. The van der Waals surface area contributed by atoms with Crippen LogP contribution in [0.2, 0.25) is 0 Å². The van der Waals surface area contributed by atoms with Gasteiger partial charge in [-0.15, -0.1) is 0 Å². The minimum Gasteiger partial charge on any atom is -0.396 e. The lowest BCUT2D eigenvalue weighted by Crippen LogP contribution is -2.48. The summed E-state index contributed by atoms with van der Waals surface area (Å²) < 4.78 is 0. The average molecular weight is 339 g/mol. The van der Waals surface area contributed by atoms with Gasteiger partial charge in [-0.2, -0.15) is 0 Å². The summed E-state index contributed by atoms with van der Waals surface area (Å²) >= 11 is 0. The van der Waals surface area contributed by atoms with Crippen LogP contribution in [-0.2, 0) is 0 Å². The van der Waals surface area contributed by atoms with E-state index >= 15 is 0 Å². The van der Waals surface area contributed by atoms with Gasteiger partial charge in [-0.25, -0.2) is 0 Å². The maximum atomic E-state index is 10.1. The van der Waals surface area contributed by atoms with Gasteiger partial charge in [0.1, 0.15) is 0 Å². The number of hydrogen-bond acceptors (Lipinski definition) is 3. The van der Waals surface area contributed by atoms with Crippen molar-refractivity contribution in [2.24, 2.45) is 11.8 Å². The van der Waals surface area contributed by atoms with E-state index < -0.39 is 0 Å². The third kappa shape index (κ3) is 3.95. The molecule has 1 fully saturated rings. The zero-order valence-electron chi connectivity index (χ0n) is 15.0. The smallest absolute Gasteiger partial charge is 0.0628 e. The van der Waals surface area contributed by atoms with Crippen LogP contribution in [0.1, 0.15) is 36.4 Å². The fraction of sp³-hybridized carbons (Fsp3) is 0.455. The molecule has 0 spiro atoms. The Bertz CT molecular complexity index is 617. The molecular weight excluding hydrogens is 310 g/mol. The molecule has 0 aliphatic carbocycles. The highest BCUT2D eigenvalue weighted by atomic mass is 16.3. The molecule has 1 saturated heterocycles. The Balaban J connectivity index is 1.86. The molecule has 3 nitrogen and oxygen atoms in total. The van der Waals surface area contributed by atoms with Gasteiger partial charge in [-0.3, -0.25) is 4.90 Å². The molecule has 134 valence electrons. The van der Waals surface area contributed by atoms with Gasteiger partial charge in [-0.1, -0.05) is 74.0 Å². The van der Waals surface area contributed by atoms with E-state index in [1.165, 1.54) is 5.56 Å². The molecule has 3 rings (SSSR count). The Labute approximate surface area is 150 Å². The fourth-order valence-corrected chi connectivity index (χ4v) is 4.42. The number of rotatable bonds is 6. The third-order valence-electron chi connectivity index (χ3n) is 5.70. The van der Waals surface area contributed by atoms with Gasteiger partial charge in [0.2, 0.25) is 0 Å². The molecule has 1 heterocycles. The second-order valence-corrected chi connectivity index (χ2v) is 7.11. The number of aliphatic hydroxyl groups is 2. The van der Waals surface area contributed by atoms with Crippen LogP contribution in [0.4, 0.5) is 0 Å². The molecule has 0 unspecified atom stereocenters. The summed E-state index contributed by atoms with van der Waals surface area (Å²) in [7, 11) is 0. The number of nitrogens with zero attached hydrogens (tertiary/aromatic N) is 1. The van der Waals surface area contributed by atoms with E-state index in [0.29, 0.717) is 11.8 Å². The zero-order chi connectivity index (χ0) is 17.6. The van der Waals surface area contributed by atoms with Crippen molar-refractivity contribution in [2.75, 3.05) is 26.3 Å². The van der Waals surface area contributed by atoms with Gasteiger partial charge in [0, 0.05) is 25.6 Å². The van der Waals surface area contributed by atoms with Gasteiger partial charge in [0.15, 0.2) is 0 Å². The van der Waals surface area contributed by atoms with Gasteiger partial charge < -0.3 is 10.2 Å². The first-order valence-corrected chi connectivity index (χ1v) is 9.34. The Morgan fingerprint density at radius 2 is 1.52 bits per heavy atom. The summed E-state index contributed by atoms with van der Waals surface area (Å²) in [5.41, 5.74) is 2.48. The summed E-state index contributed by atoms with van der Waals surface area (Å²) in [6, 6.07) is 20.8. The molecule has 0 bridgehead atoms. The van der Waals surface area contributed by atoms with E-state index in [-0.39, 0.29) is 25.2 Å². The second-order valence-electron chi connectivity index (χ2n) is 7.11. The van der Waals surface area contributed by atoms with Crippen molar-refractivity contribution < 1.29 is 10.2 Å². The van der Waals surface area contributed by atoms with Crippen LogP contribution in [0, 0.1) is 11.8 Å². The summed E-state index contributed by atoms with van der Waals surface area (Å²) in [4.78, 5) is 2.36. The summed E-state index contributed by atoms with van der Waals surface area (Å²) in [6.45, 7) is 4.28. The van der Waals surface area contributed by atoms with Crippen molar-refractivity contribution in [1.29, 1.82) is 0 Å². The fourth-order valence-electron chi connectivity index (χ4n) is 4.42. The first-order valence-electron chi connectivity index (χ1n) is 9.34. The van der Waals surface area contributed by atoms with Gasteiger partial charge in [-0.05, 0) is 23.0 Å². The Morgan fingerprint density at radius 1 is 0.920 bits per heavy atom. The normalized spacial score (nSPS) is 25.6. The number of aliphatic hydroxyl groups excluding tert-OH is 2. The first kappa shape index (κ1) is 18.1. The zero-order valence-corrected chi connectivity index (χ0v) is 15.0. The number of piperidine rings is 1. The second kappa shape index (κ2) is 8.61. The van der Waals surface area contributed by atoms with Crippen molar-refractivity contribution >= 4 is 0 Å². The predicted octanol–water partition coefficient (Wildman–Crippen LogP) is 3.45. The van der Waals surface area contributed by atoms with Crippen molar-refractivity contribution in [2.45, 2.75) is 25.3 Å². The predicted molar refractivity (Wildman–Crippen MR) is 101 cm³/mol. The molecule has 2 aromatic rings. The highest BCUT2D eigenvalue weighted by Gasteiger charge is 2.38. The molecule has 2 N–H and O–H groups in total. The molecule has 0 aromatic heterocycles. The van der Waals surface area contributed by atoms with Crippen LogP contribution in [-0.4, -0.2) is 41.4 Å². The number of benzene rings is 2. The molecule has 2 aromatic carbocycles. The van der Waals surface area contributed by atoms with Crippen molar-refractivity contribution in [3.63, 3.8) is 0 Å². The molecule has 4 atom stereocenters. The standard InChI is InChI=1S/C22H29NO2/c1-2-17-13-23(21(16-25)18-9-5-3-6-10-18)14-20(15-24)22(17)19-11-7-4-8-12-19/h3-12,17,20-22,24-25H,2,13-16H2,1H3/t17-,20+,21+,22+/m1/s1. The quantitative estimate of drug-likeness (QED) is 0.847. The molecule has 1 aliphatic rings. The summed E-state index contributed by atoms with van der Waals surface area (Å²) in [5, 5.41) is 20.1. The van der Waals surface area contributed by atoms with Gasteiger partial charge in [0.05, 0.1) is 12.6 Å². The minimum absolute atomic E-state index is 0.000948. The molecule has 25 heavy (non-hydrogen) atoms. The van der Waals surface area contributed by atoms with E-state index in [1.807, 2.05) is 24.3 Å². The Kier molecular flexibility index (Phi) is 6.24. The van der Waals surface area contributed by atoms with E-state index in [9.17, 15) is 10.2 Å². The van der Waals surface area contributed by atoms with E-state index in [2.05, 4.69) is 48.2 Å². The SMILES string of the molecule is CC[C@@H]1CN([C@@H](CO)c2ccccc2)C[C@@H](CO)[C@@H]1c1ccccc1. The summed E-state index contributed by atoms with van der Waals surface area (Å²) in [5.74, 6) is 1.05. The lowest BCUT2D eigenvalue weighted by Gasteiger charge is -2.46. The van der Waals surface area contributed by atoms with E-state index in [4.69, 9.17) is 0 Å². The maximum Gasteiger partial charge on any atom is 0.0628 e. The third-order valence-corrected chi connectivity index (χ3v) is 5.70. The lowest BCUT2D eigenvalue weighted by molar-refractivity contribution is 0.0162. The van der Waals surface area contributed by atoms with Crippen molar-refractivity contribution in [3.8, 4) is 0 Å². The Hall–Kier alpha value is -1.68. The maximum absolute atomic E-state index is 10.1. The number of likely N-dealkylation sites (tertiary alicyclic amines) is 1. The first-order chi connectivity index (χ1) is 12.3.